The molecule has 1 aliphatic rings. The van der Waals surface area contributed by atoms with E-state index in [-0.39, 0.29) is 6.54 Å². The van der Waals surface area contributed by atoms with Gasteiger partial charge in [0.25, 0.3) is 0 Å². The first-order chi connectivity index (χ1) is 15.9. The number of fused-ring (bicyclic) bond motifs is 1. The van der Waals surface area contributed by atoms with Crippen LogP contribution in [-0.2, 0) is 0 Å². The fourth-order valence-corrected chi connectivity index (χ4v) is 4.58. The maximum atomic E-state index is 12.5. The molecule has 0 radical (unpaired) electrons. The van der Waals surface area contributed by atoms with Crippen LogP contribution in [0, 0.1) is 0 Å². The van der Waals surface area contributed by atoms with Gasteiger partial charge in [0.2, 0.25) is 0 Å². The van der Waals surface area contributed by atoms with Crippen LogP contribution in [0.1, 0.15) is 6.42 Å². The SMILES string of the molecule is FC(F)(F)CCN1CCN(c2ccnc(Nc3nc4ccc(-c5cn[nH]c5)nc4s3)c2)CC1. The highest BCUT2D eigenvalue weighted by molar-refractivity contribution is 7.21. The molecule has 5 heterocycles. The van der Waals surface area contributed by atoms with Crippen LogP contribution in [0.5, 0.6) is 0 Å². The van der Waals surface area contributed by atoms with E-state index < -0.39 is 12.6 Å². The molecule has 1 saturated heterocycles. The van der Waals surface area contributed by atoms with Gasteiger partial charge in [-0.1, -0.05) is 11.3 Å². The number of hydrogen-bond donors (Lipinski definition) is 2. The molecular formula is C21H21F3N8S. The van der Waals surface area contributed by atoms with Crippen LogP contribution >= 0.6 is 11.3 Å². The third-order valence-electron chi connectivity index (χ3n) is 5.48. The summed E-state index contributed by atoms with van der Waals surface area (Å²) in [6, 6.07) is 7.67. The fraction of sp³-hybridized carbons (Fsp3) is 0.333. The van der Waals surface area contributed by atoms with Gasteiger partial charge in [0.1, 0.15) is 16.2 Å². The predicted octanol–water partition coefficient (Wildman–Crippen LogP) is 4.29. The van der Waals surface area contributed by atoms with Crippen molar-refractivity contribution < 1.29 is 13.2 Å². The van der Waals surface area contributed by atoms with Gasteiger partial charge < -0.3 is 10.2 Å². The molecule has 5 rings (SSSR count). The summed E-state index contributed by atoms with van der Waals surface area (Å²) in [5.74, 6) is 0.654. The van der Waals surface area contributed by atoms with Crippen molar-refractivity contribution in [3.8, 4) is 11.3 Å². The average molecular weight is 475 g/mol. The van der Waals surface area contributed by atoms with Crippen LogP contribution < -0.4 is 10.2 Å². The molecule has 0 spiro atoms. The highest BCUT2D eigenvalue weighted by Crippen LogP contribution is 2.30. The van der Waals surface area contributed by atoms with Crippen molar-refractivity contribution in [2.75, 3.05) is 42.9 Å². The van der Waals surface area contributed by atoms with Gasteiger partial charge in [-0.05, 0) is 18.2 Å². The van der Waals surface area contributed by atoms with Gasteiger partial charge in [-0.25, -0.2) is 15.0 Å². The molecule has 1 aliphatic heterocycles. The number of anilines is 3. The minimum absolute atomic E-state index is 0.0500. The Bertz CT molecular complexity index is 1220. The summed E-state index contributed by atoms with van der Waals surface area (Å²) in [7, 11) is 0. The standard InChI is InChI=1S/C21H21F3N8S/c22-21(23,24)4-6-31-7-9-32(10-8-31)15-3-5-25-18(11-15)30-20-29-17-2-1-16(28-19(17)33-20)14-12-26-27-13-14/h1-3,5,11-13H,4,6-10H2,(H,26,27)(H,25,29,30). The van der Waals surface area contributed by atoms with Gasteiger partial charge in [-0.2, -0.15) is 18.3 Å². The third kappa shape index (κ3) is 5.22. The molecule has 4 aromatic heterocycles. The Morgan fingerprint density at radius 2 is 1.94 bits per heavy atom. The van der Waals surface area contributed by atoms with Crippen LogP contribution in [0.15, 0.2) is 42.9 Å². The Balaban J connectivity index is 1.24. The molecular weight excluding hydrogens is 453 g/mol. The molecule has 0 aliphatic carbocycles. The fourth-order valence-electron chi connectivity index (χ4n) is 3.73. The zero-order valence-corrected chi connectivity index (χ0v) is 18.3. The molecule has 0 aromatic carbocycles. The lowest BCUT2D eigenvalue weighted by Crippen LogP contribution is -2.47. The smallest absolute Gasteiger partial charge is 0.369 e. The second kappa shape index (κ2) is 8.94. The van der Waals surface area contributed by atoms with Crippen LogP contribution in [0.2, 0.25) is 0 Å². The highest BCUT2D eigenvalue weighted by atomic mass is 32.1. The van der Waals surface area contributed by atoms with E-state index in [1.54, 1.807) is 18.6 Å². The second-order valence-corrected chi connectivity index (χ2v) is 8.72. The van der Waals surface area contributed by atoms with E-state index in [0.29, 0.717) is 37.1 Å². The van der Waals surface area contributed by atoms with E-state index in [1.807, 2.05) is 29.2 Å². The summed E-state index contributed by atoms with van der Waals surface area (Å²) in [6.07, 6.45) is 0.354. The summed E-state index contributed by atoms with van der Waals surface area (Å²) < 4.78 is 37.4. The number of rotatable bonds is 6. The number of thiazole rings is 1. The number of aromatic amines is 1. The van der Waals surface area contributed by atoms with E-state index in [2.05, 4.69) is 35.4 Å². The van der Waals surface area contributed by atoms with Crippen LogP contribution in [0.3, 0.4) is 0 Å². The van der Waals surface area contributed by atoms with Crippen LogP contribution in [-0.4, -0.2) is 68.9 Å². The Morgan fingerprint density at radius 3 is 2.70 bits per heavy atom. The zero-order chi connectivity index (χ0) is 22.8. The Morgan fingerprint density at radius 1 is 1.09 bits per heavy atom. The van der Waals surface area contributed by atoms with Crippen molar-refractivity contribution in [1.82, 2.24) is 30.0 Å². The largest absolute Gasteiger partial charge is 0.390 e. The first kappa shape index (κ1) is 21.6. The van der Waals surface area contributed by atoms with Gasteiger partial charge in [0.05, 0.1) is 18.3 Å². The van der Waals surface area contributed by atoms with E-state index in [0.717, 1.165) is 27.3 Å². The Labute approximate surface area is 191 Å². The summed E-state index contributed by atoms with van der Waals surface area (Å²) >= 11 is 1.44. The van der Waals surface area contributed by atoms with Gasteiger partial charge in [0, 0.05) is 62.4 Å². The average Bonchev–Trinajstić information content (AvgIpc) is 3.47. The third-order valence-corrected chi connectivity index (χ3v) is 6.36. The summed E-state index contributed by atoms with van der Waals surface area (Å²) in [4.78, 5) is 18.5. The van der Waals surface area contributed by atoms with Crippen molar-refractivity contribution in [3.05, 3.63) is 42.9 Å². The number of halogens is 3. The van der Waals surface area contributed by atoms with E-state index in [4.69, 9.17) is 0 Å². The zero-order valence-electron chi connectivity index (χ0n) is 17.5. The first-order valence-corrected chi connectivity index (χ1v) is 11.3. The monoisotopic (exact) mass is 474 g/mol. The van der Waals surface area contributed by atoms with Crippen molar-refractivity contribution >= 4 is 38.3 Å². The molecule has 2 N–H and O–H groups in total. The normalized spacial score (nSPS) is 15.3. The highest BCUT2D eigenvalue weighted by Gasteiger charge is 2.28. The second-order valence-electron chi connectivity index (χ2n) is 7.74. The molecule has 12 heteroatoms. The molecule has 1 fully saturated rings. The number of alkyl halides is 3. The number of pyridine rings is 2. The van der Waals surface area contributed by atoms with Crippen molar-refractivity contribution in [1.29, 1.82) is 0 Å². The van der Waals surface area contributed by atoms with Gasteiger partial charge in [-0.15, -0.1) is 0 Å². The molecule has 172 valence electrons. The summed E-state index contributed by atoms with van der Waals surface area (Å²) in [5, 5.41) is 10.7. The number of hydrogen-bond acceptors (Lipinski definition) is 8. The predicted molar refractivity (Wildman–Crippen MR) is 122 cm³/mol. The summed E-state index contributed by atoms with van der Waals surface area (Å²) in [6.45, 7) is 2.59. The molecule has 0 amide bonds. The number of nitrogens with one attached hydrogen (secondary N) is 2. The van der Waals surface area contributed by atoms with Crippen molar-refractivity contribution in [2.45, 2.75) is 12.6 Å². The van der Waals surface area contributed by atoms with E-state index in [1.165, 1.54) is 11.3 Å². The lowest BCUT2D eigenvalue weighted by atomic mass is 10.2. The van der Waals surface area contributed by atoms with Crippen LogP contribution in [0.4, 0.5) is 29.8 Å². The van der Waals surface area contributed by atoms with Gasteiger partial charge >= 0.3 is 6.18 Å². The lowest BCUT2D eigenvalue weighted by Gasteiger charge is -2.36. The maximum Gasteiger partial charge on any atom is 0.390 e. The van der Waals surface area contributed by atoms with E-state index >= 15 is 0 Å². The number of nitrogens with zero attached hydrogens (tertiary/aromatic N) is 6. The first-order valence-electron chi connectivity index (χ1n) is 10.5. The quantitative estimate of drug-likeness (QED) is 0.431. The van der Waals surface area contributed by atoms with Crippen molar-refractivity contribution in [3.63, 3.8) is 0 Å². The lowest BCUT2D eigenvalue weighted by molar-refractivity contribution is -0.138. The topological polar surface area (TPSA) is 85.9 Å². The van der Waals surface area contributed by atoms with Crippen molar-refractivity contribution in [2.24, 2.45) is 0 Å². The molecule has 4 aromatic rings. The molecule has 33 heavy (non-hydrogen) atoms. The Kier molecular flexibility index (Phi) is 5.85. The molecule has 0 bridgehead atoms. The minimum atomic E-state index is -4.11. The molecule has 0 atom stereocenters. The minimum Gasteiger partial charge on any atom is -0.369 e. The van der Waals surface area contributed by atoms with Gasteiger partial charge in [0.15, 0.2) is 5.13 Å². The molecule has 8 nitrogen and oxygen atoms in total. The molecule has 0 unspecified atom stereocenters. The summed E-state index contributed by atoms with van der Waals surface area (Å²) in [5.41, 5.74) is 3.50. The number of aromatic nitrogens is 5. The number of H-pyrrole nitrogens is 1. The van der Waals surface area contributed by atoms with Crippen LogP contribution in [0.25, 0.3) is 21.6 Å². The Hall–Kier alpha value is -3.25. The van der Waals surface area contributed by atoms with Gasteiger partial charge in [-0.3, -0.25) is 10.00 Å². The molecule has 0 saturated carbocycles. The van der Waals surface area contributed by atoms with E-state index in [9.17, 15) is 13.2 Å². The number of piperazine rings is 1. The maximum absolute atomic E-state index is 12.5.